The summed E-state index contributed by atoms with van der Waals surface area (Å²) in [4.78, 5) is 40.0. The van der Waals surface area contributed by atoms with Gasteiger partial charge in [-0.15, -0.1) is 0 Å². The minimum Gasteiger partial charge on any atom is -0.493 e. The van der Waals surface area contributed by atoms with Crippen molar-refractivity contribution in [3.8, 4) is 11.5 Å². The summed E-state index contributed by atoms with van der Waals surface area (Å²) in [6.07, 6.45) is -1.71. The van der Waals surface area contributed by atoms with Crippen LogP contribution in [-0.4, -0.2) is 61.4 Å². The number of halogens is 3. The maximum Gasteiger partial charge on any atom is 0.490 e. The van der Waals surface area contributed by atoms with Crippen LogP contribution in [0.4, 0.5) is 24.5 Å². The predicted molar refractivity (Wildman–Crippen MR) is 184 cm³/mol. The van der Waals surface area contributed by atoms with Crippen molar-refractivity contribution < 1.29 is 42.1 Å². The minimum absolute atomic E-state index is 0.228. The third-order valence-electron chi connectivity index (χ3n) is 7.35. The fraction of sp³-hybridized carbons (Fsp3) is 0.189. The highest BCUT2D eigenvalue weighted by Crippen LogP contribution is 2.34. The van der Waals surface area contributed by atoms with Crippen LogP contribution in [-0.2, 0) is 17.6 Å². The minimum atomic E-state index is -5.08. The number of hydrogen-bond donors (Lipinski definition) is 4. The van der Waals surface area contributed by atoms with Gasteiger partial charge in [-0.1, -0.05) is 60.7 Å². The van der Waals surface area contributed by atoms with Crippen molar-refractivity contribution in [1.29, 1.82) is 0 Å². The number of methoxy groups -OCH3 is 2. The summed E-state index contributed by atoms with van der Waals surface area (Å²) >= 11 is 0. The molecule has 2 amide bonds. The lowest BCUT2D eigenvalue weighted by molar-refractivity contribution is -0.192. The number of pyridine rings is 1. The van der Waals surface area contributed by atoms with Crippen molar-refractivity contribution in [1.82, 2.24) is 10.3 Å². The smallest absolute Gasteiger partial charge is 0.490 e. The molecule has 13 heteroatoms. The van der Waals surface area contributed by atoms with Gasteiger partial charge >= 0.3 is 12.1 Å². The van der Waals surface area contributed by atoms with E-state index in [0.29, 0.717) is 22.7 Å². The Labute approximate surface area is 286 Å². The number of rotatable bonds is 12. The highest BCUT2D eigenvalue weighted by molar-refractivity contribution is 6.13. The number of carboxylic acid groups (broad SMARTS) is 1. The number of fused-ring (bicyclic) bond motifs is 1. The molecule has 5 rings (SSSR count). The monoisotopic (exact) mass is 688 g/mol. The second kappa shape index (κ2) is 17.4. The van der Waals surface area contributed by atoms with E-state index in [9.17, 15) is 22.8 Å². The van der Waals surface area contributed by atoms with Crippen LogP contribution >= 0.6 is 0 Å². The van der Waals surface area contributed by atoms with E-state index in [0.717, 1.165) is 42.4 Å². The molecule has 4 aromatic carbocycles. The molecule has 0 atom stereocenters. The molecule has 4 N–H and O–H groups in total. The van der Waals surface area contributed by atoms with Gasteiger partial charge in [-0.3, -0.25) is 14.6 Å². The van der Waals surface area contributed by atoms with Crippen LogP contribution in [0.2, 0.25) is 0 Å². The molecule has 0 fully saturated rings. The Balaban J connectivity index is 0.000000727. The van der Waals surface area contributed by atoms with Crippen LogP contribution in [0.25, 0.3) is 10.9 Å². The third-order valence-corrected chi connectivity index (χ3v) is 7.35. The van der Waals surface area contributed by atoms with Gasteiger partial charge in [0.2, 0.25) is 0 Å². The number of aromatic nitrogens is 1. The highest BCUT2D eigenvalue weighted by Gasteiger charge is 2.38. The number of carbonyl (C=O) groups excluding carboxylic acids is 2. The second-order valence-electron chi connectivity index (χ2n) is 10.8. The zero-order valence-electron chi connectivity index (χ0n) is 27.2. The number of alkyl halides is 3. The Kier molecular flexibility index (Phi) is 12.9. The van der Waals surface area contributed by atoms with Crippen LogP contribution in [0.1, 0.15) is 31.8 Å². The molecular formula is C37H35F3N4O6. The van der Waals surface area contributed by atoms with E-state index in [4.69, 9.17) is 19.4 Å². The molecule has 1 aromatic heterocycles. The van der Waals surface area contributed by atoms with Gasteiger partial charge in [0.25, 0.3) is 11.8 Å². The van der Waals surface area contributed by atoms with E-state index >= 15 is 0 Å². The molecule has 0 aliphatic heterocycles. The van der Waals surface area contributed by atoms with Gasteiger partial charge < -0.3 is 30.5 Å². The Morgan fingerprint density at radius 1 is 0.740 bits per heavy atom. The van der Waals surface area contributed by atoms with Crippen LogP contribution in [0, 0.1) is 0 Å². The highest BCUT2D eigenvalue weighted by atomic mass is 19.4. The summed E-state index contributed by atoms with van der Waals surface area (Å²) in [5.41, 5.74) is 4.78. The summed E-state index contributed by atoms with van der Waals surface area (Å²) < 4.78 is 42.6. The average Bonchev–Trinajstić information content (AvgIpc) is 3.12. The Morgan fingerprint density at radius 2 is 1.32 bits per heavy atom. The van der Waals surface area contributed by atoms with E-state index in [2.05, 4.69) is 45.2 Å². The first kappa shape index (κ1) is 36.9. The standard InChI is InChI=1S/C35H34N4O4.C2HF3O2/c1-42-32-21-29(31(22-33(32)43-2)39-34(40)27-20-26-10-6-7-11-30(26)37-23-27)35(41)38-28-14-12-25(13-15-28)17-19-36-18-16-24-8-4-3-5-9-24;3-2(4,5)1(6)7/h3-15,20-23,36H,16-19H2,1-2H3,(H,38,41)(H,39,40);(H,6,7). The first-order chi connectivity index (χ1) is 24.0. The fourth-order valence-corrected chi connectivity index (χ4v) is 4.75. The molecule has 0 saturated carbocycles. The number of aliphatic carboxylic acids is 1. The maximum atomic E-state index is 13.5. The lowest BCUT2D eigenvalue weighted by Crippen LogP contribution is -2.21. The molecule has 0 saturated heterocycles. The summed E-state index contributed by atoms with van der Waals surface area (Å²) in [5.74, 6) is -2.81. The fourth-order valence-electron chi connectivity index (χ4n) is 4.75. The number of ether oxygens (including phenoxy) is 2. The predicted octanol–water partition coefficient (Wildman–Crippen LogP) is 6.76. The molecule has 0 bridgehead atoms. The van der Waals surface area contributed by atoms with E-state index in [-0.39, 0.29) is 11.3 Å². The maximum absolute atomic E-state index is 13.5. The number of carbonyl (C=O) groups is 3. The van der Waals surface area contributed by atoms with Crippen LogP contribution in [0.3, 0.4) is 0 Å². The van der Waals surface area contributed by atoms with Crippen molar-refractivity contribution in [3.63, 3.8) is 0 Å². The van der Waals surface area contributed by atoms with Gasteiger partial charge in [-0.2, -0.15) is 13.2 Å². The third kappa shape index (κ3) is 10.5. The van der Waals surface area contributed by atoms with Crippen LogP contribution < -0.4 is 25.4 Å². The number of amides is 2. The molecule has 5 aromatic rings. The van der Waals surface area contributed by atoms with Gasteiger partial charge in [-0.25, -0.2) is 4.79 Å². The Morgan fingerprint density at radius 3 is 1.94 bits per heavy atom. The van der Waals surface area contributed by atoms with E-state index in [1.807, 2.05) is 54.6 Å². The Bertz CT molecular complexity index is 1920. The van der Waals surface area contributed by atoms with Gasteiger partial charge in [-0.05, 0) is 67.4 Å². The van der Waals surface area contributed by atoms with Gasteiger partial charge in [0.15, 0.2) is 11.5 Å². The average molecular weight is 689 g/mol. The molecule has 50 heavy (non-hydrogen) atoms. The SMILES string of the molecule is COc1cc(NC(=O)c2cnc3ccccc3c2)c(C(=O)Nc2ccc(CCNCCc3ccccc3)cc2)cc1OC.O=C(O)C(F)(F)F. The summed E-state index contributed by atoms with van der Waals surface area (Å²) in [6.45, 7) is 1.78. The molecule has 0 spiro atoms. The second-order valence-corrected chi connectivity index (χ2v) is 10.8. The summed E-state index contributed by atoms with van der Waals surface area (Å²) in [7, 11) is 2.99. The molecule has 0 unspecified atom stereocenters. The molecule has 0 aliphatic rings. The van der Waals surface area contributed by atoms with E-state index in [1.54, 1.807) is 18.2 Å². The van der Waals surface area contributed by atoms with Crippen molar-refractivity contribution in [2.24, 2.45) is 0 Å². The molecule has 260 valence electrons. The largest absolute Gasteiger partial charge is 0.493 e. The molecule has 10 nitrogen and oxygen atoms in total. The molecule has 0 radical (unpaired) electrons. The van der Waals surface area contributed by atoms with E-state index in [1.165, 1.54) is 26.0 Å². The van der Waals surface area contributed by atoms with Crippen LogP contribution in [0.15, 0.2) is 103 Å². The number of para-hydroxylation sites is 1. The number of nitrogens with zero attached hydrogens (tertiary/aromatic N) is 1. The Hall–Kier alpha value is -5.95. The zero-order valence-corrected chi connectivity index (χ0v) is 27.2. The lowest BCUT2D eigenvalue weighted by Gasteiger charge is -2.16. The number of anilines is 2. The topological polar surface area (TPSA) is 139 Å². The first-order valence-electron chi connectivity index (χ1n) is 15.4. The van der Waals surface area contributed by atoms with E-state index < -0.39 is 24.0 Å². The van der Waals surface area contributed by atoms with Gasteiger partial charge in [0.1, 0.15) is 0 Å². The zero-order chi connectivity index (χ0) is 36.1. The summed E-state index contributed by atoms with van der Waals surface area (Å²) in [6, 6.07) is 30.6. The molecule has 0 aliphatic carbocycles. The van der Waals surface area contributed by atoms with Gasteiger partial charge in [0, 0.05) is 23.3 Å². The van der Waals surface area contributed by atoms with Gasteiger partial charge in [0.05, 0.1) is 36.6 Å². The molecule has 1 heterocycles. The number of benzene rings is 4. The first-order valence-corrected chi connectivity index (χ1v) is 15.4. The number of carboxylic acids is 1. The van der Waals surface area contributed by atoms with Crippen molar-refractivity contribution >= 4 is 40.1 Å². The van der Waals surface area contributed by atoms with Crippen molar-refractivity contribution in [2.75, 3.05) is 37.9 Å². The quantitative estimate of drug-likeness (QED) is 0.106. The van der Waals surface area contributed by atoms with Crippen molar-refractivity contribution in [3.05, 3.63) is 126 Å². The van der Waals surface area contributed by atoms with Crippen molar-refractivity contribution in [2.45, 2.75) is 19.0 Å². The normalized spacial score (nSPS) is 10.8. The lowest BCUT2D eigenvalue weighted by atomic mass is 10.1. The molecular weight excluding hydrogens is 653 g/mol. The summed E-state index contributed by atoms with van der Waals surface area (Å²) in [5, 5.41) is 17.2. The van der Waals surface area contributed by atoms with Crippen LogP contribution in [0.5, 0.6) is 11.5 Å². The number of hydrogen-bond acceptors (Lipinski definition) is 7. The number of nitrogens with one attached hydrogen (secondary N) is 3.